The van der Waals surface area contributed by atoms with Crippen molar-refractivity contribution in [2.45, 2.75) is 18.9 Å². The summed E-state index contributed by atoms with van der Waals surface area (Å²) in [6.07, 6.45) is 0.754. The summed E-state index contributed by atoms with van der Waals surface area (Å²) < 4.78 is 0. The van der Waals surface area contributed by atoms with Crippen LogP contribution in [-0.4, -0.2) is 33.9 Å². The molecule has 18 heavy (non-hydrogen) atoms. The van der Waals surface area contributed by atoms with Crippen LogP contribution in [0, 0.1) is 0 Å². The number of aromatic carboxylic acids is 1. The van der Waals surface area contributed by atoms with Crippen LogP contribution in [0.3, 0.4) is 0 Å². The fourth-order valence-corrected chi connectivity index (χ4v) is 1.65. The number of carbonyl (C=O) groups excluding carboxylic acids is 2. The van der Waals surface area contributed by atoms with Crippen LogP contribution in [0.25, 0.3) is 0 Å². The van der Waals surface area contributed by atoms with Gasteiger partial charge in [-0.2, -0.15) is 0 Å². The lowest BCUT2D eigenvalue weighted by atomic mass is 10.2. The standard InChI is InChI=1S/C11H11N3O4/c15-9-5-4-6(13-9)10(16)14-8-3-1-2-7(12-8)11(17)18/h1-3,6H,4-5H2,(H,13,15)(H,17,18)(H,12,14,16)/t6-/m0/s1. The van der Waals surface area contributed by atoms with Crippen LogP contribution in [0.5, 0.6) is 0 Å². The third-order valence-electron chi connectivity index (χ3n) is 2.53. The number of nitrogens with one attached hydrogen (secondary N) is 2. The summed E-state index contributed by atoms with van der Waals surface area (Å²) in [5.74, 6) is -1.57. The molecule has 0 radical (unpaired) electrons. The number of hydrogen-bond acceptors (Lipinski definition) is 4. The number of nitrogens with zero attached hydrogens (tertiary/aromatic N) is 1. The van der Waals surface area contributed by atoms with Crippen LogP contribution in [0.15, 0.2) is 18.2 Å². The molecule has 0 bridgehead atoms. The van der Waals surface area contributed by atoms with E-state index in [0.29, 0.717) is 12.8 Å². The Balaban J connectivity index is 2.05. The van der Waals surface area contributed by atoms with Crippen molar-refractivity contribution in [3.8, 4) is 0 Å². The summed E-state index contributed by atoms with van der Waals surface area (Å²) in [4.78, 5) is 37.2. The molecule has 1 aromatic rings. The van der Waals surface area contributed by atoms with E-state index in [1.807, 2.05) is 0 Å². The molecule has 7 nitrogen and oxygen atoms in total. The summed E-state index contributed by atoms with van der Waals surface area (Å²) in [5, 5.41) is 13.7. The van der Waals surface area contributed by atoms with Crippen molar-refractivity contribution in [1.29, 1.82) is 0 Å². The van der Waals surface area contributed by atoms with E-state index in [9.17, 15) is 14.4 Å². The van der Waals surface area contributed by atoms with Gasteiger partial charge >= 0.3 is 5.97 Å². The maximum absolute atomic E-state index is 11.7. The second-order valence-electron chi connectivity index (χ2n) is 3.86. The average molecular weight is 249 g/mol. The molecule has 1 aliphatic heterocycles. The zero-order chi connectivity index (χ0) is 13.1. The second kappa shape index (κ2) is 4.82. The Bertz CT molecular complexity index is 515. The zero-order valence-electron chi connectivity index (χ0n) is 9.34. The molecule has 7 heteroatoms. The molecular formula is C11H11N3O4. The second-order valence-corrected chi connectivity index (χ2v) is 3.86. The Labute approximate surface area is 102 Å². The fraction of sp³-hybridized carbons (Fsp3) is 0.273. The first-order chi connectivity index (χ1) is 8.56. The molecule has 3 N–H and O–H groups in total. The van der Waals surface area contributed by atoms with Gasteiger partial charge in [0.05, 0.1) is 0 Å². The summed E-state index contributed by atoms with van der Waals surface area (Å²) in [6.45, 7) is 0. The molecule has 0 unspecified atom stereocenters. The van der Waals surface area contributed by atoms with E-state index in [-0.39, 0.29) is 17.4 Å². The molecule has 94 valence electrons. The molecule has 0 aromatic carbocycles. The molecule has 1 aliphatic rings. The molecule has 2 heterocycles. The quantitative estimate of drug-likeness (QED) is 0.698. The third kappa shape index (κ3) is 2.62. The van der Waals surface area contributed by atoms with Gasteiger partial charge in [-0.25, -0.2) is 9.78 Å². The number of carboxylic acid groups (broad SMARTS) is 1. The van der Waals surface area contributed by atoms with Gasteiger partial charge < -0.3 is 15.7 Å². The van der Waals surface area contributed by atoms with Gasteiger partial charge in [-0.05, 0) is 18.6 Å². The van der Waals surface area contributed by atoms with Crippen LogP contribution >= 0.6 is 0 Å². The molecule has 0 spiro atoms. The number of aromatic nitrogens is 1. The van der Waals surface area contributed by atoms with Crippen LogP contribution in [0.4, 0.5) is 5.82 Å². The Morgan fingerprint density at radius 2 is 2.22 bits per heavy atom. The molecule has 1 atom stereocenters. The van der Waals surface area contributed by atoms with Gasteiger partial charge in [-0.3, -0.25) is 9.59 Å². The molecule has 2 amide bonds. The van der Waals surface area contributed by atoms with E-state index >= 15 is 0 Å². The van der Waals surface area contributed by atoms with Crippen molar-refractivity contribution in [2.75, 3.05) is 5.32 Å². The number of pyridine rings is 1. The molecule has 1 fully saturated rings. The van der Waals surface area contributed by atoms with E-state index in [1.54, 1.807) is 0 Å². The summed E-state index contributed by atoms with van der Waals surface area (Å²) in [7, 11) is 0. The van der Waals surface area contributed by atoms with Crippen molar-refractivity contribution in [1.82, 2.24) is 10.3 Å². The van der Waals surface area contributed by atoms with Gasteiger partial charge in [0.1, 0.15) is 11.9 Å². The lowest BCUT2D eigenvalue weighted by Crippen LogP contribution is -2.37. The Kier molecular flexibility index (Phi) is 3.22. The van der Waals surface area contributed by atoms with Crippen molar-refractivity contribution in [3.05, 3.63) is 23.9 Å². The summed E-state index contributed by atoms with van der Waals surface area (Å²) >= 11 is 0. The number of carboxylic acids is 1. The van der Waals surface area contributed by atoms with E-state index in [2.05, 4.69) is 15.6 Å². The highest BCUT2D eigenvalue weighted by atomic mass is 16.4. The Morgan fingerprint density at radius 1 is 1.44 bits per heavy atom. The Hall–Kier alpha value is -2.44. The molecular weight excluding hydrogens is 238 g/mol. The monoisotopic (exact) mass is 249 g/mol. The predicted octanol–water partition coefficient (Wildman–Crippen LogP) is -0.00310. The smallest absolute Gasteiger partial charge is 0.354 e. The summed E-state index contributed by atoms with van der Waals surface area (Å²) in [6, 6.07) is 3.73. The molecule has 1 saturated heterocycles. The van der Waals surface area contributed by atoms with Gasteiger partial charge in [0.15, 0.2) is 5.69 Å². The minimum absolute atomic E-state index is 0.150. The summed E-state index contributed by atoms with van der Waals surface area (Å²) in [5.41, 5.74) is -0.150. The first-order valence-corrected chi connectivity index (χ1v) is 5.37. The fourth-order valence-electron chi connectivity index (χ4n) is 1.65. The lowest BCUT2D eigenvalue weighted by molar-refractivity contribution is -0.122. The molecule has 0 saturated carbocycles. The Morgan fingerprint density at radius 3 is 2.83 bits per heavy atom. The van der Waals surface area contributed by atoms with Gasteiger partial charge in [0, 0.05) is 6.42 Å². The first-order valence-electron chi connectivity index (χ1n) is 5.37. The molecule has 2 rings (SSSR count). The van der Waals surface area contributed by atoms with Crippen LogP contribution in [-0.2, 0) is 9.59 Å². The third-order valence-corrected chi connectivity index (χ3v) is 2.53. The normalized spacial score (nSPS) is 18.2. The minimum atomic E-state index is -1.17. The zero-order valence-corrected chi connectivity index (χ0v) is 9.34. The highest BCUT2D eigenvalue weighted by Gasteiger charge is 2.27. The number of anilines is 1. The topological polar surface area (TPSA) is 108 Å². The maximum Gasteiger partial charge on any atom is 0.354 e. The van der Waals surface area contributed by atoms with E-state index in [4.69, 9.17) is 5.11 Å². The van der Waals surface area contributed by atoms with Crippen LogP contribution < -0.4 is 10.6 Å². The van der Waals surface area contributed by atoms with Crippen molar-refractivity contribution in [2.24, 2.45) is 0 Å². The molecule has 1 aromatic heterocycles. The number of amides is 2. The minimum Gasteiger partial charge on any atom is -0.477 e. The van der Waals surface area contributed by atoms with Gasteiger partial charge in [0.25, 0.3) is 0 Å². The average Bonchev–Trinajstić information content (AvgIpc) is 2.76. The highest BCUT2D eigenvalue weighted by Crippen LogP contribution is 2.10. The number of hydrogen-bond donors (Lipinski definition) is 3. The van der Waals surface area contributed by atoms with Gasteiger partial charge in [0.2, 0.25) is 11.8 Å². The number of rotatable bonds is 3. The van der Waals surface area contributed by atoms with Gasteiger partial charge in [-0.15, -0.1) is 0 Å². The van der Waals surface area contributed by atoms with E-state index in [1.165, 1.54) is 18.2 Å². The first kappa shape index (κ1) is 12.0. The van der Waals surface area contributed by atoms with Crippen molar-refractivity contribution < 1.29 is 19.5 Å². The molecule has 0 aliphatic carbocycles. The predicted molar refractivity (Wildman–Crippen MR) is 61.0 cm³/mol. The van der Waals surface area contributed by atoms with Crippen molar-refractivity contribution in [3.63, 3.8) is 0 Å². The van der Waals surface area contributed by atoms with Crippen LogP contribution in [0.2, 0.25) is 0 Å². The maximum atomic E-state index is 11.7. The van der Waals surface area contributed by atoms with E-state index < -0.39 is 17.9 Å². The highest BCUT2D eigenvalue weighted by molar-refractivity contribution is 5.98. The van der Waals surface area contributed by atoms with Crippen molar-refractivity contribution >= 4 is 23.6 Å². The SMILES string of the molecule is O=C1CC[C@@H](C(=O)Nc2cccc(C(=O)O)n2)N1. The lowest BCUT2D eigenvalue weighted by Gasteiger charge is -2.10. The van der Waals surface area contributed by atoms with E-state index in [0.717, 1.165) is 0 Å². The largest absolute Gasteiger partial charge is 0.477 e. The number of carbonyl (C=O) groups is 3. The van der Waals surface area contributed by atoms with Gasteiger partial charge in [-0.1, -0.05) is 6.07 Å². The van der Waals surface area contributed by atoms with Crippen LogP contribution in [0.1, 0.15) is 23.3 Å².